The maximum absolute atomic E-state index is 12.7. The van der Waals surface area contributed by atoms with Crippen LogP contribution in [-0.2, 0) is 9.59 Å². The topological polar surface area (TPSA) is 70.7 Å². The molecule has 2 amide bonds. The highest BCUT2D eigenvalue weighted by atomic mass is 35.5. The lowest BCUT2D eigenvalue weighted by Crippen LogP contribution is -2.57. The Labute approximate surface area is 164 Å². The van der Waals surface area contributed by atoms with Crippen LogP contribution in [0, 0.1) is 5.92 Å². The van der Waals surface area contributed by atoms with E-state index in [1.165, 1.54) is 0 Å². The molecule has 1 atom stereocenters. The molecule has 0 saturated heterocycles. The summed E-state index contributed by atoms with van der Waals surface area (Å²) in [5, 5.41) is 7.00. The molecular weight excluding hydrogens is 366 g/mol. The molecule has 4 aliphatic rings. The van der Waals surface area contributed by atoms with Crippen LogP contribution in [0.5, 0.6) is 5.75 Å². The van der Waals surface area contributed by atoms with Crippen molar-refractivity contribution in [1.82, 2.24) is 15.5 Å². The highest BCUT2D eigenvalue weighted by molar-refractivity contribution is 6.30. The van der Waals surface area contributed by atoms with Gasteiger partial charge in [-0.2, -0.15) is 0 Å². The number of hydrogen-bond donors (Lipinski definition) is 2. The van der Waals surface area contributed by atoms with Crippen LogP contribution in [0.2, 0.25) is 5.02 Å². The Kier molecular flexibility index (Phi) is 4.59. The van der Waals surface area contributed by atoms with Gasteiger partial charge in [0.2, 0.25) is 5.91 Å². The Hall–Kier alpha value is -1.79. The minimum Gasteiger partial charge on any atom is -0.484 e. The van der Waals surface area contributed by atoms with Crippen molar-refractivity contribution in [2.24, 2.45) is 5.92 Å². The van der Waals surface area contributed by atoms with Gasteiger partial charge < -0.3 is 15.4 Å². The number of carbonyl (C=O) groups is 2. The summed E-state index contributed by atoms with van der Waals surface area (Å²) in [6.45, 7) is -0.0199. The number of fused-ring (bicyclic) bond motifs is 1. The molecular formula is C20H26ClN3O3. The Morgan fingerprint density at radius 3 is 2.44 bits per heavy atom. The van der Waals surface area contributed by atoms with E-state index in [1.54, 1.807) is 24.3 Å². The largest absolute Gasteiger partial charge is 0.484 e. The van der Waals surface area contributed by atoms with E-state index in [0.717, 1.165) is 32.1 Å². The van der Waals surface area contributed by atoms with Crippen LogP contribution in [0.4, 0.5) is 0 Å². The number of amides is 2. The molecule has 6 nitrogen and oxygen atoms in total. The Balaban J connectivity index is 1.25. The lowest BCUT2D eigenvalue weighted by Gasteiger charge is -2.40. The highest BCUT2D eigenvalue weighted by Gasteiger charge is 2.60. The maximum atomic E-state index is 12.7. The number of hydrogen-bond acceptors (Lipinski definition) is 4. The normalized spacial score (nSPS) is 29.8. The molecule has 4 saturated carbocycles. The summed E-state index contributed by atoms with van der Waals surface area (Å²) in [5.41, 5.74) is -0.448. The van der Waals surface area contributed by atoms with Gasteiger partial charge in [-0.25, -0.2) is 0 Å². The van der Waals surface area contributed by atoms with Crippen LogP contribution in [0.3, 0.4) is 0 Å². The average Bonchev–Trinajstić information content (AvgIpc) is 3.27. The third kappa shape index (κ3) is 3.52. The second-order valence-corrected chi connectivity index (χ2v) is 8.89. The van der Waals surface area contributed by atoms with Crippen LogP contribution >= 0.6 is 11.6 Å². The fourth-order valence-electron chi connectivity index (χ4n) is 4.59. The molecule has 0 heterocycles. The Morgan fingerprint density at radius 1 is 1.19 bits per heavy atom. The Morgan fingerprint density at radius 2 is 1.85 bits per heavy atom. The fourth-order valence-corrected chi connectivity index (χ4v) is 4.71. The number of nitrogens with one attached hydrogen (secondary N) is 2. The van der Waals surface area contributed by atoms with Crippen LogP contribution in [-0.4, -0.2) is 54.5 Å². The summed E-state index contributed by atoms with van der Waals surface area (Å²) in [7, 11) is 3.93. The first kappa shape index (κ1) is 18.6. The first-order chi connectivity index (χ1) is 12.8. The molecule has 0 spiro atoms. The molecule has 2 N–H and O–H groups in total. The molecule has 1 aromatic carbocycles. The van der Waals surface area contributed by atoms with Crippen LogP contribution in [0.1, 0.15) is 32.1 Å². The molecule has 0 aromatic heterocycles. The number of ether oxygens (including phenoxy) is 1. The van der Waals surface area contributed by atoms with E-state index in [-0.39, 0.29) is 35.5 Å². The van der Waals surface area contributed by atoms with E-state index in [0.29, 0.717) is 16.7 Å². The molecule has 0 aliphatic heterocycles. The first-order valence-corrected chi connectivity index (χ1v) is 9.88. The molecule has 27 heavy (non-hydrogen) atoms. The van der Waals surface area contributed by atoms with Crippen LogP contribution in [0.15, 0.2) is 24.3 Å². The van der Waals surface area contributed by atoms with Crippen molar-refractivity contribution in [1.29, 1.82) is 0 Å². The van der Waals surface area contributed by atoms with Crippen molar-refractivity contribution in [2.45, 2.75) is 49.2 Å². The third-order valence-corrected chi connectivity index (χ3v) is 6.65. The van der Waals surface area contributed by atoms with E-state index >= 15 is 0 Å². The maximum Gasteiger partial charge on any atom is 0.258 e. The summed E-state index contributed by atoms with van der Waals surface area (Å²) in [4.78, 5) is 27.0. The monoisotopic (exact) mass is 391 g/mol. The number of likely N-dealkylation sites (N-methyl/N-ethyl adjacent to an activating group) is 1. The zero-order chi connectivity index (χ0) is 19.2. The van der Waals surface area contributed by atoms with Gasteiger partial charge in [0.05, 0.1) is 5.54 Å². The van der Waals surface area contributed by atoms with Gasteiger partial charge in [-0.3, -0.25) is 14.5 Å². The molecule has 1 aromatic rings. The van der Waals surface area contributed by atoms with Gasteiger partial charge in [-0.1, -0.05) is 11.6 Å². The van der Waals surface area contributed by atoms with Crippen LogP contribution in [0.25, 0.3) is 0 Å². The number of carbonyl (C=O) groups excluding carboxylic acids is 2. The smallest absolute Gasteiger partial charge is 0.258 e. The minimum absolute atomic E-state index is 0.0199. The zero-order valence-corrected chi connectivity index (χ0v) is 16.5. The van der Waals surface area contributed by atoms with E-state index in [1.807, 2.05) is 19.0 Å². The van der Waals surface area contributed by atoms with Crippen molar-refractivity contribution in [3.05, 3.63) is 29.3 Å². The van der Waals surface area contributed by atoms with E-state index < -0.39 is 0 Å². The van der Waals surface area contributed by atoms with Gasteiger partial charge in [-0.15, -0.1) is 0 Å². The summed E-state index contributed by atoms with van der Waals surface area (Å²) >= 11 is 5.84. The summed E-state index contributed by atoms with van der Waals surface area (Å²) in [6.07, 6.45) is 4.55. The molecule has 0 radical (unpaired) electrons. The third-order valence-electron chi connectivity index (χ3n) is 6.40. The second-order valence-electron chi connectivity index (χ2n) is 8.45. The van der Waals surface area contributed by atoms with Gasteiger partial charge in [0.15, 0.2) is 6.61 Å². The van der Waals surface area contributed by atoms with Crippen LogP contribution < -0.4 is 15.4 Å². The lowest BCUT2D eigenvalue weighted by atomic mass is 9.76. The zero-order valence-electron chi connectivity index (χ0n) is 15.8. The minimum atomic E-state index is -0.312. The van der Waals surface area contributed by atoms with E-state index in [9.17, 15) is 9.59 Å². The number of benzene rings is 1. The summed E-state index contributed by atoms with van der Waals surface area (Å²) in [5.74, 6) is 1.08. The first-order valence-electron chi connectivity index (χ1n) is 9.50. The molecule has 4 fully saturated rings. The lowest BCUT2D eigenvalue weighted by molar-refractivity contribution is -0.130. The van der Waals surface area contributed by atoms with E-state index in [4.69, 9.17) is 16.3 Å². The molecule has 146 valence electrons. The number of rotatable bonds is 7. The molecule has 5 rings (SSSR count). The predicted molar refractivity (Wildman–Crippen MR) is 103 cm³/mol. The van der Waals surface area contributed by atoms with Gasteiger partial charge in [-0.05, 0) is 76.4 Å². The standard InChI is InChI=1S/C20H26ClN3O3/c1-24(2)20(7-8-20)18(26)23-19-9-13(10-19)16(11-19)22-17(25)12-27-15-5-3-14(21)4-6-15/h3-6,13,16H,7-12H2,1-2H3,(H,22,25)(H,23,26)/t13?,16-,19?/m1/s1. The quantitative estimate of drug-likeness (QED) is 0.745. The predicted octanol–water partition coefficient (Wildman–Crippen LogP) is 1.97. The van der Waals surface area contributed by atoms with Gasteiger partial charge in [0.1, 0.15) is 5.75 Å². The van der Waals surface area contributed by atoms with E-state index in [2.05, 4.69) is 10.6 Å². The van der Waals surface area contributed by atoms with Crippen molar-refractivity contribution in [3.63, 3.8) is 0 Å². The average molecular weight is 392 g/mol. The molecule has 2 bridgehead atoms. The van der Waals surface area contributed by atoms with Gasteiger partial charge in [0.25, 0.3) is 5.91 Å². The van der Waals surface area contributed by atoms with Crippen molar-refractivity contribution in [3.8, 4) is 5.75 Å². The molecule has 7 heteroatoms. The summed E-state index contributed by atoms with van der Waals surface area (Å²) < 4.78 is 5.50. The molecule has 4 aliphatic carbocycles. The second kappa shape index (κ2) is 6.67. The van der Waals surface area contributed by atoms with Gasteiger partial charge >= 0.3 is 0 Å². The van der Waals surface area contributed by atoms with Crippen molar-refractivity contribution in [2.75, 3.05) is 20.7 Å². The Bertz CT molecular complexity index is 739. The number of nitrogens with zero attached hydrogens (tertiary/aromatic N) is 1. The van der Waals surface area contributed by atoms with Crippen molar-refractivity contribution < 1.29 is 14.3 Å². The SMILES string of the molecule is CN(C)C1(C(=O)NC23CC(C2)[C@H](NC(=O)COc2ccc(Cl)cc2)C3)CC1. The summed E-state index contributed by atoms with van der Waals surface area (Å²) in [6, 6.07) is 7.05. The van der Waals surface area contributed by atoms with Crippen molar-refractivity contribution >= 4 is 23.4 Å². The molecule has 0 unspecified atom stereocenters. The highest BCUT2D eigenvalue weighted by Crippen LogP contribution is 2.53. The van der Waals surface area contributed by atoms with Gasteiger partial charge in [0, 0.05) is 16.6 Å². The number of halogens is 1. The fraction of sp³-hybridized carbons (Fsp3) is 0.600.